The van der Waals surface area contributed by atoms with Crippen molar-refractivity contribution in [3.05, 3.63) is 48.0 Å². The summed E-state index contributed by atoms with van der Waals surface area (Å²) in [7, 11) is 1.77. The first-order valence-electron chi connectivity index (χ1n) is 9.05. The number of amides is 2. The molecule has 0 N–H and O–H groups in total. The lowest BCUT2D eigenvalue weighted by molar-refractivity contribution is -0.138. The zero-order valence-electron chi connectivity index (χ0n) is 15.0. The van der Waals surface area contributed by atoms with E-state index in [1.54, 1.807) is 36.4 Å². The summed E-state index contributed by atoms with van der Waals surface area (Å²) in [4.78, 5) is 33.9. The fourth-order valence-corrected chi connectivity index (χ4v) is 4.19. The summed E-state index contributed by atoms with van der Waals surface area (Å²) in [6, 6.07) is 5.61. The minimum Gasteiger partial charge on any atom is -0.338 e. The molecule has 7 nitrogen and oxygen atoms in total. The molecular formula is C19H23N5O2. The highest BCUT2D eigenvalue weighted by Gasteiger charge is 2.49. The third-order valence-corrected chi connectivity index (χ3v) is 5.60. The van der Waals surface area contributed by atoms with Crippen molar-refractivity contribution in [3.8, 4) is 0 Å². The highest BCUT2D eigenvalue weighted by molar-refractivity contribution is 5.93. The van der Waals surface area contributed by atoms with E-state index in [9.17, 15) is 9.59 Å². The van der Waals surface area contributed by atoms with Crippen molar-refractivity contribution >= 4 is 11.8 Å². The van der Waals surface area contributed by atoms with Crippen LogP contribution in [0.25, 0.3) is 0 Å². The molecule has 2 aliphatic rings. The van der Waals surface area contributed by atoms with Crippen LogP contribution in [0.15, 0.2) is 36.8 Å². The maximum Gasteiger partial charge on any atom is 0.272 e. The van der Waals surface area contributed by atoms with Gasteiger partial charge in [-0.2, -0.15) is 5.10 Å². The fraction of sp³-hybridized carbons (Fsp3) is 0.474. The Morgan fingerprint density at radius 3 is 2.85 bits per heavy atom. The third-order valence-electron chi connectivity index (χ3n) is 5.60. The summed E-state index contributed by atoms with van der Waals surface area (Å²) in [6.45, 7) is 2.52. The molecule has 2 aliphatic heterocycles. The second-order valence-electron chi connectivity index (χ2n) is 7.29. The van der Waals surface area contributed by atoms with Crippen molar-refractivity contribution in [2.75, 3.05) is 19.6 Å². The van der Waals surface area contributed by atoms with Gasteiger partial charge in [-0.3, -0.25) is 19.3 Å². The maximum absolute atomic E-state index is 13.2. The Morgan fingerprint density at radius 2 is 2.12 bits per heavy atom. The highest BCUT2D eigenvalue weighted by atomic mass is 16.2. The van der Waals surface area contributed by atoms with E-state index in [-0.39, 0.29) is 11.8 Å². The second kappa shape index (κ2) is 6.55. The third kappa shape index (κ3) is 2.87. The molecule has 2 saturated heterocycles. The molecule has 2 aromatic rings. The van der Waals surface area contributed by atoms with E-state index in [2.05, 4.69) is 10.1 Å². The number of aromatic nitrogens is 3. The Kier molecular flexibility index (Phi) is 4.22. The van der Waals surface area contributed by atoms with Gasteiger partial charge >= 0.3 is 0 Å². The highest BCUT2D eigenvalue weighted by Crippen LogP contribution is 2.41. The first kappa shape index (κ1) is 16.8. The molecule has 7 heteroatoms. The number of carbonyl (C=O) groups is 2. The summed E-state index contributed by atoms with van der Waals surface area (Å²) in [5, 5.41) is 4.08. The number of carbonyl (C=O) groups excluding carboxylic acids is 2. The lowest BCUT2D eigenvalue weighted by atomic mass is 9.78. The Bertz CT molecular complexity index is 818. The van der Waals surface area contributed by atoms with Crippen LogP contribution in [0.5, 0.6) is 0 Å². The number of pyridine rings is 1. The van der Waals surface area contributed by atoms with Gasteiger partial charge in [0.05, 0.1) is 5.41 Å². The largest absolute Gasteiger partial charge is 0.338 e. The summed E-state index contributed by atoms with van der Waals surface area (Å²) in [6.07, 6.45) is 7.68. The molecule has 1 spiro atoms. The molecule has 0 unspecified atom stereocenters. The second-order valence-corrected chi connectivity index (χ2v) is 7.29. The van der Waals surface area contributed by atoms with Crippen molar-refractivity contribution in [1.29, 1.82) is 0 Å². The van der Waals surface area contributed by atoms with Gasteiger partial charge in [0, 0.05) is 51.8 Å². The van der Waals surface area contributed by atoms with E-state index in [1.807, 2.05) is 21.9 Å². The standard InChI is InChI=1S/C19H23N5O2/c1-22-16(5-9-21-22)17(25)24-10-3-6-19(14-24)7-11-23(18(19)26)13-15-4-2-8-20-12-15/h2,4-5,8-9,12H,3,6-7,10-11,13-14H2,1H3/t19-/m0/s1. The number of hydrogen-bond donors (Lipinski definition) is 0. The van der Waals surface area contributed by atoms with Gasteiger partial charge in [0.1, 0.15) is 5.69 Å². The van der Waals surface area contributed by atoms with Gasteiger partial charge in [0.25, 0.3) is 5.91 Å². The zero-order valence-corrected chi connectivity index (χ0v) is 15.0. The minimum absolute atomic E-state index is 0.0393. The summed E-state index contributed by atoms with van der Waals surface area (Å²) < 4.78 is 1.59. The molecule has 0 aromatic carbocycles. The van der Waals surface area contributed by atoms with Crippen molar-refractivity contribution < 1.29 is 9.59 Å². The van der Waals surface area contributed by atoms with Crippen molar-refractivity contribution in [2.45, 2.75) is 25.8 Å². The number of hydrogen-bond acceptors (Lipinski definition) is 4. The van der Waals surface area contributed by atoms with Gasteiger partial charge < -0.3 is 9.80 Å². The van der Waals surface area contributed by atoms with Crippen LogP contribution in [0.2, 0.25) is 0 Å². The van der Waals surface area contributed by atoms with Crippen LogP contribution in [-0.4, -0.2) is 56.0 Å². The van der Waals surface area contributed by atoms with Gasteiger partial charge in [-0.15, -0.1) is 0 Å². The number of rotatable bonds is 3. The molecule has 136 valence electrons. The molecule has 26 heavy (non-hydrogen) atoms. The topological polar surface area (TPSA) is 71.3 Å². The van der Waals surface area contributed by atoms with Gasteiger partial charge in [-0.05, 0) is 37.0 Å². The van der Waals surface area contributed by atoms with Gasteiger partial charge in [0.15, 0.2) is 0 Å². The van der Waals surface area contributed by atoms with Gasteiger partial charge in [-0.1, -0.05) is 6.07 Å². The Hall–Kier alpha value is -2.70. The maximum atomic E-state index is 13.2. The monoisotopic (exact) mass is 353 g/mol. The van der Waals surface area contributed by atoms with Gasteiger partial charge in [0.2, 0.25) is 5.91 Å². The number of nitrogens with zero attached hydrogens (tertiary/aromatic N) is 5. The van der Waals surface area contributed by atoms with Crippen molar-refractivity contribution in [2.24, 2.45) is 12.5 Å². The smallest absolute Gasteiger partial charge is 0.272 e. The van der Waals surface area contributed by atoms with Crippen LogP contribution in [-0.2, 0) is 18.4 Å². The van der Waals surface area contributed by atoms with Crippen LogP contribution in [0.1, 0.15) is 35.3 Å². The van der Waals surface area contributed by atoms with Crippen LogP contribution in [0.3, 0.4) is 0 Å². The van der Waals surface area contributed by atoms with E-state index in [0.29, 0.717) is 25.3 Å². The molecule has 2 fully saturated rings. The molecule has 2 amide bonds. The normalized spacial score (nSPS) is 23.0. The average Bonchev–Trinajstić information content (AvgIpc) is 3.21. The molecule has 0 aliphatic carbocycles. The fourth-order valence-electron chi connectivity index (χ4n) is 4.19. The van der Waals surface area contributed by atoms with E-state index < -0.39 is 5.41 Å². The van der Waals surface area contributed by atoms with Gasteiger partial charge in [-0.25, -0.2) is 0 Å². The number of piperidine rings is 1. The molecule has 4 rings (SSSR count). The minimum atomic E-state index is -0.436. The van der Waals surface area contributed by atoms with Crippen molar-refractivity contribution in [1.82, 2.24) is 24.6 Å². The molecule has 1 atom stereocenters. The molecule has 0 bridgehead atoms. The molecule has 4 heterocycles. The predicted octanol–water partition coefficient (Wildman–Crippen LogP) is 1.47. The summed E-state index contributed by atoms with van der Waals surface area (Å²) >= 11 is 0. The quantitative estimate of drug-likeness (QED) is 0.838. The molecule has 0 saturated carbocycles. The van der Waals surface area contributed by atoms with Crippen molar-refractivity contribution in [3.63, 3.8) is 0 Å². The molecule has 0 radical (unpaired) electrons. The number of aryl methyl sites for hydroxylation is 1. The first-order chi connectivity index (χ1) is 12.6. The van der Waals surface area contributed by atoms with E-state index in [4.69, 9.17) is 0 Å². The summed E-state index contributed by atoms with van der Waals surface area (Å²) in [5.41, 5.74) is 1.17. The van der Waals surface area contributed by atoms with Crippen LogP contribution in [0.4, 0.5) is 0 Å². The SMILES string of the molecule is Cn1nccc1C(=O)N1CCC[C@]2(CCN(Cc3cccnc3)C2=O)C1. The zero-order chi connectivity index (χ0) is 18.1. The number of likely N-dealkylation sites (tertiary alicyclic amines) is 2. The van der Waals surface area contributed by atoms with E-state index in [0.717, 1.165) is 31.4 Å². The summed E-state index contributed by atoms with van der Waals surface area (Å²) in [5.74, 6) is 0.131. The van der Waals surface area contributed by atoms with Crippen LogP contribution < -0.4 is 0 Å². The van der Waals surface area contributed by atoms with Crippen LogP contribution >= 0.6 is 0 Å². The Morgan fingerprint density at radius 1 is 1.23 bits per heavy atom. The predicted molar refractivity (Wildman–Crippen MR) is 95.0 cm³/mol. The molecule has 2 aromatic heterocycles. The lowest BCUT2D eigenvalue weighted by Crippen LogP contribution is -2.50. The molecular weight excluding hydrogens is 330 g/mol. The van der Waals surface area contributed by atoms with Crippen LogP contribution in [0, 0.1) is 5.41 Å². The average molecular weight is 353 g/mol. The first-order valence-corrected chi connectivity index (χ1v) is 9.05. The Labute approximate surface area is 152 Å². The Balaban J connectivity index is 1.49. The van der Waals surface area contributed by atoms with E-state index >= 15 is 0 Å². The lowest BCUT2D eigenvalue weighted by Gasteiger charge is -2.39. The van der Waals surface area contributed by atoms with E-state index in [1.165, 1.54) is 0 Å².